The maximum Gasteiger partial charge on any atom is 0.411 e. The van der Waals surface area contributed by atoms with E-state index in [0.29, 0.717) is 6.42 Å². The van der Waals surface area contributed by atoms with Gasteiger partial charge in [-0.25, -0.2) is 18.4 Å². The van der Waals surface area contributed by atoms with Gasteiger partial charge in [-0.3, -0.25) is 9.80 Å². The van der Waals surface area contributed by atoms with Crippen LogP contribution in [-0.4, -0.2) is 88.8 Å². The first-order valence-electron chi connectivity index (χ1n) is 8.29. The molecule has 0 aliphatic carbocycles. The number of aliphatic hydroxyl groups excluding tert-OH is 1. The molecule has 0 radical (unpaired) electrons. The van der Waals surface area contributed by atoms with Gasteiger partial charge in [0.2, 0.25) is 0 Å². The number of nitrogens with zero attached hydrogens (tertiary/aromatic N) is 2. The Morgan fingerprint density at radius 2 is 1.72 bits per heavy atom. The van der Waals surface area contributed by atoms with E-state index in [-0.39, 0.29) is 25.6 Å². The summed E-state index contributed by atoms with van der Waals surface area (Å²) in [6.45, 7) is 5.80. The minimum atomic E-state index is -1.52. The summed E-state index contributed by atoms with van der Waals surface area (Å²) in [5.41, 5.74) is -0.714. The molecule has 0 bridgehead atoms. The van der Waals surface area contributed by atoms with E-state index in [4.69, 9.17) is 14.9 Å². The van der Waals surface area contributed by atoms with E-state index in [1.807, 2.05) is 11.9 Å². The summed E-state index contributed by atoms with van der Waals surface area (Å²) in [5, 5.41) is 17.4. The van der Waals surface area contributed by atoms with Gasteiger partial charge in [-0.2, -0.15) is 0 Å². The van der Waals surface area contributed by atoms with Crippen molar-refractivity contribution in [1.29, 1.82) is 0 Å². The Morgan fingerprint density at radius 1 is 1.16 bits per heavy atom. The zero-order valence-corrected chi connectivity index (χ0v) is 15.1. The summed E-state index contributed by atoms with van der Waals surface area (Å²) in [7, 11) is 1.83. The van der Waals surface area contributed by atoms with Crippen molar-refractivity contribution in [2.24, 2.45) is 0 Å². The summed E-state index contributed by atoms with van der Waals surface area (Å²) < 4.78 is 30.9. The van der Waals surface area contributed by atoms with Gasteiger partial charge < -0.3 is 14.9 Å². The van der Waals surface area contributed by atoms with E-state index >= 15 is 0 Å². The van der Waals surface area contributed by atoms with Crippen molar-refractivity contribution in [3.05, 3.63) is 0 Å². The fourth-order valence-electron chi connectivity index (χ4n) is 2.78. The molecule has 4 atom stereocenters. The molecule has 2 heterocycles. The number of aliphatic carboxylic acids is 1. The number of rotatable bonds is 2. The van der Waals surface area contributed by atoms with Crippen LogP contribution in [0.4, 0.5) is 13.6 Å². The molecule has 0 saturated carbocycles. The second kappa shape index (κ2) is 8.75. The van der Waals surface area contributed by atoms with Crippen LogP contribution in [0.5, 0.6) is 0 Å². The molecule has 2 rings (SSSR count). The Balaban J connectivity index is 0.000000293. The minimum absolute atomic E-state index is 0.0379. The number of halogens is 2. The third-order valence-corrected chi connectivity index (χ3v) is 4.13. The van der Waals surface area contributed by atoms with E-state index < -0.39 is 36.0 Å². The number of carboxylic acids is 1. The largest absolute Gasteiger partial charge is 0.480 e. The Kier molecular flexibility index (Phi) is 7.55. The van der Waals surface area contributed by atoms with Gasteiger partial charge in [0, 0.05) is 13.1 Å². The maximum absolute atomic E-state index is 13.3. The number of hydrogen-bond acceptors (Lipinski definition) is 5. The van der Waals surface area contributed by atoms with Gasteiger partial charge in [0.1, 0.15) is 17.9 Å². The molecule has 0 aromatic rings. The molecule has 25 heavy (non-hydrogen) atoms. The normalized spacial score (nSPS) is 30.0. The SMILES string of the molecule is CC(C)(C)OC(=O)N1CC[C@@H](F)[C@@H]1C(=O)O.CN1CC[C@@H](F)[C@@H]1CO. The third-order valence-electron chi connectivity index (χ3n) is 4.13. The van der Waals surface area contributed by atoms with Crippen molar-refractivity contribution >= 4 is 12.1 Å². The molecule has 7 nitrogen and oxygen atoms in total. The zero-order chi connectivity index (χ0) is 19.4. The first-order valence-corrected chi connectivity index (χ1v) is 8.29. The van der Waals surface area contributed by atoms with E-state index in [1.165, 1.54) is 0 Å². The van der Waals surface area contributed by atoms with Crippen LogP contribution >= 0.6 is 0 Å². The average Bonchev–Trinajstić information content (AvgIpc) is 3.00. The second-order valence-corrected chi connectivity index (χ2v) is 7.30. The molecule has 9 heteroatoms. The fourth-order valence-corrected chi connectivity index (χ4v) is 2.78. The molecular formula is C16H28F2N2O5. The fraction of sp³-hybridized carbons (Fsp3) is 0.875. The topological polar surface area (TPSA) is 90.3 Å². The highest BCUT2D eigenvalue weighted by molar-refractivity contribution is 5.81. The highest BCUT2D eigenvalue weighted by Gasteiger charge is 2.44. The van der Waals surface area contributed by atoms with E-state index in [9.17, 15) is 18.4 Å². The zero-order valence-electron chi connectivity index (χ0n) is 15.1. The number of carbonyl (C=O) groups excluding carboxylic acids is 1. The Morgan fingerprint density at radius 3 is 2.08 bits per heavy atom. The second-order valence-electron chi connectivity index (χ2n) is 7.30. The van der Waals surface area contributed by atoms with Crippen LogP contribution < -0.4 is 0 Å². The quantitative estimate of drug-likeness (QED) is 0.769. The van der Waals surface area contributed by atoms with Crippen LogP contribution in [0, 0.1) is 0 Å². The van der Waals surface area contributed by atoms with Gasteiger partial charge in [-0.1, -0.05) is 0 Å². The lowest BCUT2D eigenvalue weighted by molar-refractivity contribution is -0.143. The number of amides is 1. The van der Waals surface area contributed by atoms with Crippen molar-refractivity contribution in [3.63, 3.8) is 0 Å². The van der Waals surface area contributed by atoms with Crippen LogP contribution in [0.2, 0.25) is 0 Å². The molecule has 0 aromatic heterocycles. The molecule has 2 aliphatic heterocycles. The first-order chi connectivity index (χ1) is 11.5. The van der Waals surface area contributed by atoms with Crippen LogP contribution in [0.15, 0.2) is 0 Å². The first kappa shape index (κ1) is 21.6. The van der Waals surface area contributed by atoms with Crippen molar-refractivity contribution in [1.82, 2.24) is 9.80 Å². The molecule has 146 valence electrons. The van der Waals surface area contributed by atoms with Gasteiger partial charge in [0.15, 0.2) is 6.04 Å². The molecule has 2 aliphatic rings. The summed E-state index contributed by atoms with van der Waals surface area (Å²) in [4.78, 5) is 25.2. The van der Waals surface area contributed by atoms with E-state index in [2.05, 4.69) is 0 Å². The van der Waals surface area contributed by atoms with Crippen LogP contribution in [0.3, 0.4) is 0 Å². The summed E-state index contributed by atoms with van der Waals surface area (Å²) in [6, 6.07) is -1.67. The van der Waals surface area contributed by atoms with Gasteiger partial charge in [0.25, 0.3) is 0 Å². The number of likely N-dealkylation sites (tertiary alicyclic amines) is 2. The smallest absolute Gasteiger partial charge is 0.411 e. The average molecular weight is 366 g/mol. The number of carboxylic acid groups (broad SMARTS) is 1. The van der Waals surface area contributed by atoms with E-state index in [0.717, 1.165) is 11.4 Å². The maximum atomic E-state index is 13.3. The molecule has 2 N–H and O–H groups in total. The number of aliphatic hydroxyl groups is 1. The number of alkyl halides is 2. The van der Waals surface area contributed by atoms with Crippen LogP contribution in [0.25, 0.3) is 0 Å². The van der Waals surface area contributed by atoms with Crippen LogP contribution in [0.1, 0.15) is 33.6 Å². The molecule has 1 amide bonds. The molecule has 0 spiro atoms. The predicted octanol–water partition coefficient (Wildman–Crippen LogP) is 1.44. The van der Waals surface area contributed by atoms with E-state index in [1.54, 1.807) is 20.8 Å². The standard InChI is InChI=1S/C10H16FNO4.C6H12FNO/c1-10(2,3)16-9(15)12-5-4-6(11)7(12)8(13)14;1-8-3-2-5(7)6(8)4-9/h6-7H,4-5H2,1-3H3,(H,13,14);5-6,9H,2-4H2,1H3/t6-,7-;5-,6+/m11/s1. The molecule has 0 unspecified atom stereocenters. The Hall–Kier alpha value is -1.48. The highest BCUT2D eigenvalue weighted by Crippen LogP contribution is 2.23. The van der Waals surface area contributed by atoms with Gasteiger partial charge in [0.05, 0.1) is 12.6 Å². The van der Waals surface area contributed by atoms with Gasteiger partial charge in [-0.15, -0.1) is 0 Å². The third kappa shape index (κ3) is 6.07. The number of carbonyl (C=O) groups is 2. The Labute approximate surface area is 146 Å². The molecule has 0 aromatic carbocycles. The predicted molar refractivity (Wildman–Crippen MR) is 86.9 cm³/mol. The summed E-state index contributed by atoms with van der Waals surface area (Å²) in [5.74, 6) is -1.34. The number of likely N-dealkylation sites (N-methyl/N-ethyl adjacent to an activating group) is 1. The molecule has 2 fully saturated rings. The minimum Gasteiger partial charge on any atom is -0.480 e. The van der Waals surface area contributed by atoms with Crippen LogP contribution in [-0.2, 0) is 9.53 Å². The van der Waals surface area contributed by atoms with Crippen molar-refractivity contribution in [2.75, 3.05) is 26.7 Å². The van der Waals surface area contributed by atoms with Gasteiger partial charge >= 0.3 is 12.1 Å². The van der Waals surface area contributed by atoms with Crippen molar-refractivity contribution in [3.8, 4) is 0 Å². The lowest BCUT2D eigenvalue weighted by Gasteiger charge is -2.26. The summed E-state index contributed by atoms with van der Waals surface area (Å²) in [6.07, 6.45) is -2.51. The molecular weight excluding hydrogens is 338 g/mol. The van der Waals surface area contributed by atoms with Crippen molar-refractivity contribution in [2.45, 2.75) is 63.6 Å². The summed E-state index contributed by atoms with van der Waals surface area (Å²) >= 11 is 0. The van der Waals surface area contributed by atoms with Gasteiger partial charge in [-0.05, 0) is 40.7 Å². The number of ether oxygens (including phenoxy) is 1. The Bertz CT molecular complexity index is 462. The molecule has 2 saturated heterocycles. The monoisotopic (exact) mass is 366 g/mol. The number of hydrogen-bond donors (Lipinski definition) is 2. The lowest BCUT2D eigenvalue weighted by atomic mass is 10.2. The lowest BCUT2D eigenvalue weighted by Crippen LogP contribution is -2.46. The van der Waals surface area contributed by atoms with Crippen molar-refractivity contribution < 1.29 is 33.3 Å². The highest BCUT2D eigenvalue weighted by atomic mass is 19.1.